The van der Waals surface area contributed by atoms with Gasteiger partial charge in [-0.05, 0) is 31.4 Å². The van der Waals surface area contributed by atoms with Crippen LogP contribution >= 0.6 is 0 Å². The lowest BCUT2D eigenvalue weighted by molar-refractivity contribution is -0.112. The molecule has 0 spiro atoms. The standard InChI is InChI=1S/C13H18O2/c1-10-5-3-4-6-12(10)13(2)9-11(14)7-8-15-13/h3-6,11,14H,7-9H2,1-2H3. The zero-order valence-electron chi connectivity index (χ0n) is 9.36. The second kappa shape index (κ2) is 3.95. The summed E-state index contributed by atoms with van der Waals surface area (Å²) in [5.74, 6) is 0. The van der Waals surface area contributed by atoms with Crippen molar-refractivity contribution in [2.24, 2.45) is 0 Å². The van der Waals surface area contributed by atoms with Gasteiger partial charge in [0.15, 0.2) is 0 Å². The molecule has 1 aliphatic rings. The molecule has 0 aliphatic carbocycles. The van der Waals surface area contributed by atoms with Gasteiger partial charge in [0, 0.05) is 6.42 Å². The number of ether oxygens (including phenoxy) is 1. The fraction of sp³-hybridized carbons (Fsp3) is 0.538. The Hall–Kier alpha value is -0.860. The number of aliphatic hydroxyl groups is 1. The highest BCUT2D eigenvalue weighted by atomic mass is 16.5. The van der Waals surface area contributed by atoms with Crippen molar-refractivity contribution in [2.75, 3.05) is 6.61 Å². The fourth-order valence-electron chi connectivity index (χ4n) is 2.38. The molecule has 1 aliphatic heterocycles. The summed E-state index contributed by atoms with van der Waals surface area (Å²) in [5, 5.41) is 9.72. The molecule has 0 saturated carbocycles. The molecule has 2 heteroatoms. The molecule has 2 rings (SSSR count). The third kappa shape index (κ3) is 2.06. The van der Waals surface area contributed by atoms with Gasteiger partial charge >= 0.3 is 0 Å². The van der Waals surface area contributed by atoms with E-state index >= 15 is 0 Å². The molecule has 2 atom stereocenters. The first-order valence-electron chi connectivity index (χ1n) is 5.50. The Labute approximate surface area is 90.9 Å². The van der Waals surface area contributed by atoms with Crippen molar-refractivity contribution in [3.05, 3.63) is 35.4 Å². The van der Waals surface area contributed by atoms with Gasteiger partial charge in [0.25, 0.3) is 0 Å². The summed E-state index contributed by atoms with van der Waals surface area (Å²) in [6.07, 6.45) is 1.21. The van der Waals surface area contributed by atoms with Crippen LogP contribution in [0, 0.1) is 6.92 Å². The van der Waals surface area contributed by atoms with Crippen LogP contribution < -0.4 is 0 Å². The van der Waals surface area contributed by atoms with Crippen LogP contribution in [0.2, 0.25) is 0 Å². The van der Waals surface area contributed by atoms with Crippen molar-refractivity contribution in [3.63, 3.8) is 0 Å². The van der Waals surface area contributed by atoms with Crippen molar-refractivity contribution in [1.82, 2.24) is 0 Å². The van der Waals surface area contributed by atoms with E-state index in [4.69, 9.17) is 4.74 Å². The maximum Gasteiger partial charge on any atom is 0.0930 e. The molecule has 1 aromatic rings. The molecule has 0 amide bonds. The van der Waals surface area contributed by atoms with Crippen molar-refractivity contribution >= 4 is 0 Å². The summed E-state index contributed by atoms with van der Waals surface area (Å²) in [6.45, 7) is 4.80. The van der Waals surface area contributed by atoms with Crippen LogP contribution in [-0.4, -0.2) is 17.8 Å². The predicted octanol–water partition coefficient (Wildman–Crippen LogP) is 2.38. The minimum absolute atomic E-state index is 0.233. The predicted molar refractivity (Wildman–Crippen MR) is 59.7 cm³/mol. The highest BCUT2D eigenvalue weighted by molar-refractivity contribution is 5.31. The van der Waals surface area contributed by atoms with Gasteiger partial charge in [0.2, 0.25) is 0 Å². The number of hydrogen-bond donors (Lipinski definition) is 1. The van der Waals surface area contributed by atoms with E-state index in [0.717, 1.165) is 6.42 Å². The molecule has 1 N–H and O–H groups in total. The van der Waals surface area contributed by atoms with Gasteiger partial charge < -0.3 is 9.84 Å². The third-order valence-corrected chi connectivity index (χ3v) is 3.21. The Bertz CT molecular complexity index is 348. The molecular weight excluding hydrogens is 188 g/mol. The maximum atomic E-state index is 9.72. The minimum atomic E-state index is -0.316. The van der Waals surface area contributed by atoms with Gasteiger partial charge in [-0.15, -0.1) is 0 Å². The number of rotatable bonds is 1. The van der Waals surface area contributed by atoms with Crippen molar-refractivity contribution < 1.29 is 9.84 Å². The van der Waals surface area contributed by atoms with Crippen molar-refractivity contribution in [2.45, 2.75) is 38.4 Å². The first-order valence-corrected chi connectivity index (χ1v) is 5.50. The molecular formula is C13H18O2. The van der Waals surface area contributed by atoms with Crippen molar-refractivity contribution in [1.29, 1.82) is 0 Å². The van der Waals surface area contributed by atoms with E-state index in [1.54, 1.807) is 0 Å². The first-order chi connectivity index (χ1) is 7.12. The number of aryl methyl sites for hydroxylation is 1. The van der Waals surface area contributed by atoms with Crippen LogP contribution in [0.1, 0.15) is 30.9 Å². The quantitative estimate of drug-likeness (QED) is 0.764. The Morgan fingerprint density at radius 3 is 2.80 bits per heavy atom. The average molecular weight is 206 g/mol. The molecule has 1 heterocycles. The topological polar surface area (TPSA) is 29.5 Å². The highest BCUT2D eigenvalue weighted by Crippen LogP contribution is 2.36. The molecule has 0 radical (unpaired) electrons. The summed E-state index contributed by atoms with van der Waals surface area (Å²) in [5.41, 5.74) is 2.11. The SMILES string of the molecule is Cc1ccccc1C1(C)CC(O)CCO1. The molecule has 0 bridgehead atoms. The number of aliphatic hydroxyl groups excluding tert-OH is 1. The summed E-state index contributed by atoms with van der Waals surface area (Å²) in [6, 6.07) is 8.23. The van der Waals surface area contributed by atoms with Crippen LogP contribution in [-0.2, 0) is 10.3 Å². The largest absolute Gasteiger partial charge is 0.393 e. The zero-order valence-corrected chi connectivity index (χ0v) is 9.36. The van der Waals surface area contributed by atoms with Crippen LogP contribution in [0.4, 0.5) is 0 Å². The summed E-state index contributed by atoms with van der Waals surface area (Å²) in [7, 11) is 0. The Kier molecular flexibility index (Phi) is 2.81. The summed E-state index contributed by atoms with van der Waals surface area (Å²) in [4.78, 5) is 0. The monoisotopic (exact) mass is 206 g/mol. The lowest BCUT2D eigenvalue weighted by Crippen LogP contribution is -2.37. The molecule has 1 aromatic carbocycles. The minimum Gasteiger partial charge on any atom is -0.393 e. The fourth-order valence-corrected chi connectivity index (χ4v) is 2.38. The van der Waals surface area contributed by atoms with Gasteiger partial charge in [-0.2, -0.15) is 0 Å². The van der Waals surface area contributed by atoms with Gasteiger partial charge in [-0.3, -0.25) is 0 Å². The second-order valence-corrected chi connectivity index (χ2v) is 4.54. The molecule has 15 heavy (non-hydrogen) atoms. The second-order valence-electron chi connectivity index (χ2n) is 4.54. The van der Waals surface area contributed by atoms with E-state index in [2.05, 4.69) is 26.0 Å². The van der Waals surface area contributed by atoms with E-state index in [1.165, 1.54) is 11.1 Å². The summed E-state index contributed by atoms with van der Waals surface area (Å²) >= 11 is 0. The van der Waals surface area contributed by atoms with E-state index in [-0.39, 0.29) is 11.7 Å². The highest BCUT2D eigenvalue weighted by Gasteiger charge is 2.34. The van der Waals surface area contributed by atoms with Crippen LogP contribution in [0.3, 0.4) is 0 Å². The van der Waals surface area contributed by atoms with E-state index in [0.29, 0.717) is 13.0 Å². The van der Waals surface area contributed by atoms with Crippen LogP contribution in [0.25, 0.3) is 0 Å². The van der Waals surface area contributed by atoms with Gasteiger partial charge in [-0.25, -0.2) is 0 Å². The Morgan fingerprint density at radius 1 is 1.40 bits per heavy atom. The van der Waals surface area contributed by atoms with E-state index in [9.17, 15) is 5.11 Å². The normalized spacial score (nSPS) is 31.5. The molecule has 82 valence electrons. The van der Waals surface area contributed by atoms with Gasteiger partial charge in [0.1, 0.15) is 0 Å². The van der Waals surface area contributed by atoms with Crippen LogP contribution in [0.5, 0.6) is 0 Å². The van der Waals surface area contributed by atoms with E-state index < -0.39 is 0 Å². The smallest absolute Gasteiger partial charge is 0.0930 e. The molecule has 1 fully saturated rings. The average Bonchev–Trinajstić information content (AvgIpc) is 2.17. The molecule has 2 nitrogen and oxygen atoms in total. The molecule has 0 aromatic heterocycles. The third-order valence-electron chi connectivity index (χ3n) is 3.21. The van der Waals surface area contributed by atoms with Crippen LogP contribution in [0.15, 0.2) is 24.3 Å². The first kappa shape index (κ1) is 10.7. The maximum absolute atomic E-state index is 9.72. The number of hydrogen-bond acceptors (Lipinski definition) is 2. The Balaban J connectivity index is 2.32. The van der Waals surface area contributed by atoms with Gasteiger partial charge in [-0.1, -0.05) is 24.3 Å². The van der Waals surface area contributed by atoms with Crippen molar-refractivity contribution in [3.8, 4) is 0 Å². The van der Waals surface area contributed by atoms with E-state index in [1.807, 2.05) is 12.1 Å². The lowest BCUT2D eigenvalue weighted by atomic mass is 9.84. The summed E-state index contributed by atoms with van der Waals surface area (Å²) < 4.78 is 5.84. The molecule has 1 saturated heterocycles. The van der Waals surface area contributed by atoms with Gasteiger partial charge in [0.05, 0.1) is 18.3 Å². The zero-order chi connectivity index (χ0) is 10.9. The molecule has 2 unspecified atom stereocenters. The number of benzene rings is 1. The lowest BCUT2D eigenvalue weighted by Gasteiger charge is -2.37. The Morgan fingerprint density at radius 2 is 2.13 bits per heavy atom.